The third kappa shape index (κ3) is 5.65. The van der Waals surface area contributed by atoms with Gasteiger partial charge in [0.1, 0.15) is 0 Å². The van der Waals surface area contributed by atoms with Gasteiger partial charge in [-0.15, -0.1) is 11.3 Å². The Morgan fingerprint density at radius 2 is 1.78 bits per heavy atom. The van der Waals surface area contributed by atoms with Crippen LogP contribution in [0.15, 0.2) is 34.4 Å². The van der Waals surface area contributed by atoms with Gasteiger partial charge in [-0.1, -0.05) is 31.5 Å². The summed E-state index contributed by atoms with van der Waals surface area (Å²) in [5.41, 5.74) is 8.44. The van der Waals surface area contributed by atoms with Crippen LogP contribution in [0.2, 0.25) is 0 Å². The number of carbonyl (C=O) groups is 1. The van der Waals surface area contributed by atoms with Gasteiger partial charge in [0.05, 0.1) is 21.8 Å². The minimum atomic E-state index is -0.164. The molecule has 27 heavy (non-hydrogen) atoms. The number of nitrogens with one attached hydrogen (secondary N) is 1. The lowest BCUT2D eigenvalue weighted by Crippen LogP contribution is -2.22. The Kier molecular flexibility index (Phi) is 8.68. The van der Waals surface area contributed by atoms with Crippen LogP contribution in [0.5, 0.6) is 0 Å². The van der Waals surface area contributed by atoms with Crippen molar-refractivity contribution in [1.29, 1.82) is 0 Å². The minimum Gasteiger partial charge on any atom is -0.390 e. The second-order valence-corrected chi connectivity index (χ2v) is 6.88. The Hall–Kier alpha value is -2.67. The van der Waals surface area contributed by atoms with Crippen molar-refractivity contribution >= 4 is 33.5 Å². The van der Waals surface area contributed by atoms with Crippen molar-refractivity contribution in [3.8, 4) is 5.69 Å². The summed E-state index contributed by atoms with van der Waals surface area (Å²) >= 11 is 1.38. The van der Waals surface area contributed by atoms with Crippen molar-refractivity contribution < 1.29 is 4.79 Å². The number of hydrogen-bond donors (Lipinski definition) is 2. The number of benzene rings is 1. The van der Waals surface area contributed by atoms with Crippen molar-refractivity contribution in [2.24, 2.45) is 0 Å². The molecular formula is C20H28N4O2S. The van der Waals surface area contributed by atoms with Gasteiger partial charge in [0, 0.05) is 16.8 Å². The molecule has 0 aliphatic heterocycles. The largest absolute Gasteiger partial charge is 0.390 e. The smallest absolute Gasteiger partial charge is 0.282 e. The number of nitrogen functional groups attached to an aromatic ring is 1. The summed E-state index contributed by atoms with van der Waals surface area (Å²) in [5, 5.41) is 10.7. The molecule has 0 fully saturated rings. The highest BCUT2D eigenvalue weighted by molar-refractivity contribution is 7.15. The average molecular weight is 389 g/mol. The molecule has 0 atom stereocenters. The average Bonchev–Trinajstić information content (AvgIpc) is 3.04. The summed E-state index contributed by atoms with van der Waals surface area (Å²) in [6.45, 7) is 11.7. The van der Waals surface area contributed by atoms with Crippen LogP contribution in [-0.2, 0) is 4.79 Å². The molecule has 2 heterocycles. The molecular weight excluding hydrogens is 360 g/mol. The highest BCUT2D eigenvalue weighted by atomic mass is 32.1. The van der Waals surface area contributed by atoms with Gasteiger partial charge in [-0.3, -0.25) is 9.59 Å². The summed E-state index contributed by atoms with van der Waals surface area (Å²) in [7, 11) is 0. The molecule has 2 aromatic heterocycles. The number of fused-ring (bicyclic) bond motifs is 1. The van der Waals surface area contributed by atoms with E-state index < -0.39 is 0 Å². The predicted octanol–water partition coefficient (Wildman–Crippen LogP) is 3.81. The van der Waals surface area contributed by atoms with Gasteiger partial charge >= 0.3 is 0 Å². The Balaban J connectivity index is 0.000000392. The number of thiophene rings is 1. The molecule has 7 heteroatoms. The van der Waals surface area contributed by atoms with Gasteiger partial charge in [-0.2, -0.15) is 9.78 Å². The van der Waals surface area contributed by atoms with Crippen LogP contribution < -0.4 is 16.6 Å². The third-order valence-corrected chi connectivity index (χ3v) is 4.36. The van der Waals surface area contributed by atoms with E-state index in [0.29, 0.717) is 16.8 Å². The van der Waals surface area contributed by atoms with E-state index in [1.807, 2.05) is 71.2 Å². The number of aromatic nitrogens is 2. The van der Waals surface area contributed by atoms with Gasteiger partial charge in [-0.05, 0) is 39.8 Å². The zero-order valence-corrected chi connectivity index (χ0v) is 17.6. The first-order valence-electron chi connectivity index (χ1n) is 8.88. The number of rotatable bonds is 3. The highest BCUT2D eigenvalue weighted by Crippen LogP contribution is 2.26. The second-order valence-electron chi connectivity index (χ2n) is 5.97. The van der Waals surface area contributed by atoms with Crippen molar-refractivity contribution in [3.63, 3.8) is 0 Å². The predicted molar refractivity (Wildman–Crippen MR) is 115 cm³/mol. The number of amides is 1. The Labute approximate surface area is 164 Å². The molecule has 3 rings (SSSR count). The lowest BCUT2D eigenvalue weighted by molar-refractivity contribution is -0.109. The first-order valence-corrected chi connectivity index (χ1v) is 9.76. The van der Waals surface area contributed by atoms with Crippen LogP contribution in [0.3, 0.4) is 0 Å². The SMILES string of the molecule is CC.CC(C)NC=O.Cc1ccc(-n2nc(C)c3csc(N)c3c2=O)cc1. The summed E-state index contributed by atoms with van der Waals surface area (Å²) in [6, 6.07) is 7.97. The number of hydrogen-bond acceptors (Lipinski definition) is 5. The van der Waals surface area contributed by atoms with Crippen LogP contribution in [0.1, 0.15) is 39.0 Å². The van der Waals surface area contributed by atoms with Gasteiger partial charge < -0.3 is 11.1 Å². The van der Waals surface area contributed by atoms with E-state index >= 15 is 0 Å². The molecule has 0 unspecified atom stereocenters. The summed E-state index contributed by atoms with van der Waals surface area (Å²) in [4.78, 5) is 22.0. The first kappa shape index (κ1) is 22.4. The lowest BCUT2D eigenvalue weighted by atomic mass is 10.2. The molecule has 3 aromatic rings. The molecule has 0 saturated heterocycles. The first-order chi connectivity index (χ1) is 12.8. The van der Waals surface area contributed by atoms with Gasteiger partial charge in [-0.25, -0.2) is 0 Å². The van der Waals surface area contributed by atoms with Gasteiger partial charge in [0.2, 0.25) is 6.41 Å². The summed E-state index contributed by atoms with van der Waals surface area (Å²) in [6.07, 6.45) is 0.699. The lowest BCUT2D eigenvalue weighted by Gasteiger charge is -2.07. The van der Waals surface area contributed by atoms with E-state index in [9.17, 15) is 9.59 Å². The summed E-state index contributed by atoms with van der Waals surface area (Å²) < 4.78 is 1.42. The van der Waals surface area contributed by atoms with Crippen molar-refractivity contribution in [3.05, 3.63) is 51.3 Å². The fraction of sp³-hybridized carbons (Fsp3) is 0.350. The molecule has 1 amide bonds. The van der Waals surface area contributed by atoms with Crippen molar-refractivity contribution in [2.45, 2.75) is 47.6 Å². The second kappa shape index (κ2) is 10.5. The normalized spacial score (nSPS) is 9.89. The van der Waals surface area contributed by atoms with Crippen LogP contribution in [0.4, 0.5) is 5.00 Å². The standard InChI is InChI=1S/C14H13N3OS.C4H9NO.C2H6/c1-8-3-5-10(6-4-8)17-14(18)12-11(9(2)16-17)7-19-13(12)15;1-4(2)5-3-6;1-2/h3-7H,15H2,1-2H3;3-4H,1-2H3,(H,5,6);1-2H3. The van der Waals surface area contributed by atoms with Crippen molar-refractivity contribution in [2.75, 3.05) is 5.73 Å². The van der Waals surface area contributed by atoms with Crippen LogP contribution in [0.25, 0.3) is 16.5 Å². The van der Waals surface area contributed by atoms with Crippen molar-refractivity contribution in [1.82, 2.24) is 15.1 Å². The number of nitrogens with two attached hydrogens (primary N) is 1. The molecule has 0 spiro atoms. The van der Waals surface area contributed by atoms with E-state index in [2.05, 4.69) is 10.4 Å². The highest BCUT2D eigenvalue weighted by Gasteiger charge is 2.13. The number of nitrogens with zero attached hydrogens (tertiary/aromatic N) is 2. The maximum atomic E-state index is 12.5. The fourth-order valence-corrected chi connectivity index (χ4v) is 3.06. The van der Waals surface area contributed by atoms with Crippen LogP contribution in [-0.4, -0.2) is 22.2 Å². The van der Waals surface area contributed by atoms with E-state index in [0.717, 1.165) is 22.3 Å². The zero-order valence-electron chi connectivity index (χ0n) is 16.7. The van der Waals surface area contributed by atoms with E-state index in [1.54, 1.807) is 0 Å². The molecule has 0 saturated carbocycles. The van der Waals surface area contributed by atoms with E-state index in [-0.39, 0.29) is 11.6 Å². The maximum Gasteiger partial charge on any atom is 0.282 e. The fourth-order valence-electron chi connectivity index (χ4n) is 2.21. The quantitative estimate of drug-likeness (QED) is 0.668. The molecule has 1 aromatic carbocycles. The third-order valence-electron chi connectivity index (χ3n) is 3.55. The van der Waals surface area contributed by atoms with Gasteiger partial charge in [0.15, 0.2) is 0 Å². The van der Waals surface area contributed by atoms with E-state index in [1.165, 1.54) is 16.0 Å². The maximum absolute atomic E-state index is 12.5. The van der Waals surface area contributed by atoms with Crippen LogP contribution >= 0.6 is 11.3 Å². The zero-order chi connectivity index (χ0) is 20.6. The molecule has 0 aliphatic carbocycles. The number of aryl methyl sites for hydroxylation is 2. The molecule has 3 N–H and O–H groups in total. The number of carbonyl (C=O) groups excluding carboxylic acids is 1. The van der Waals surface area contributed by atoms with E-state index in [4.69, 9.17) is 5.73 Å². The van der Waals surface area contributed by atoms with Crippen LogP contribution in [0, 0.1) is 13.8 Å². The molecule has 0 radical (unpaired) electrons. The molecule has 0 bridgehead atoms. The minimum absolute atomic E-state index is 0.164. The molecule has 146 valence electrons. The molecule has 6 nitrogen and oxygen atoms in total. The number of anilines is 1. The topological polar surface area (TPSA) is 90.0 Å². The van der Waals surface area contributed by atoms with Gasteiger partial charge in [0.25, 0.3) is 5.56 Å². The Morgan fingerprint density at radius 3 is 2.26 bits per heavy atom. The summed E-state index contributed by atoms with van der Waals surface area (Å²) in [5.74, 6) is 0. The Morgan fingerprint density at radius 1 is 1.19 bits per heavy atom. The molecule has 0 aliphatic rings. The monoisotopic (exact) mass is 388 g/mol. The Bertz CT molecular complexity index is 928.